The van der Waals surface area contributed by atoms with Crippen molar-refractivity contribution in [2.75, 3.05) is 14.1 Å². The highest BCUT2D eigenvalue weighted by Crippen LogP contribution is 2.31. The predicted octanol–water partition coefficient (Wildman–Crippen LogP) is 7.64. The van der Waals surface area contributed by atoms with Crippen LogP contribution in [0.2, 0.25) is 0 Å². The smallest absolute Gasteiger partial charge is 0.328 e. The first-order valence-corrected chi connectivity index (χ1v) is 26.8. The number of Topliss-reactive ketones (excluding diaryl/α,β-unsaturated/α-hetero) is 2. The molecule has 2 amide bonds. The van der Waals surface area contributed by atoms with Gasteiger partial charge in [-0.25, -0.2) is 9.59 Å². The maximum absolute atomic E-state index is 13.0. The summed E-state index contributed by atoms with van der Waals surface area (Å²) in [5, 5.41) is 11.8. The quantitative estimate of drug-likeness (QED) is 0.0353. The Bertz CT molecular complexity index is 1630. The Morgan fingerprint density at radius 1 is 0.414 bits per heavy atom. The van der Waals surface area contributed by atoms with Crippen LogP contribution in [0.3, 0.4) is 0 Å². The molecule has 0 spiro atoms. The molecule has 3 fully saturated rings. The summed E-state index contributed by atoms with van der Waals surface area (Å²) in [5.41, 5.74) is 0. The van der Waals surface area contributed by atoms with Gasteiger partial charge in [-0.2, -0.15) is 0 Å². The second-order valence-electron chi connectivity index (χ2n) is 22.0. The number of unbranched alkanes of at least 4 members (excludes halogenated alkanes) is 1. The molecule has 16 nitrogen and oxygen atoms in total. The summed E-state index contributed by atoms with van der Waals surface area (Å²) in [6, 6.07) is -1.97. The standard InChI is InChI=1S/C28H48N2O6.C26H46N2O6/c1-17(2)15-24(29-6)27(33)35-22-11-13-23(14-12-22)36-28(34)25(16-18(3)4)30-26(32)21-9-7-20(8-10-21)19(5)31;1-17(2)15-22(27-6)25(31)33-20-11-13-21(14-12-20)34-26(32)23(16-18(3)4)28-24(30)10-8-7-9-19(5)29/h17-18,20-25,29H,7-16H2,1-6H3,(H,30,32);17-18,20-23,27H,7-16H2,1-6H3,(H,28,30). The van der Waals surface area contributed by atoms with Gasteiger partial charge in [0.05, 0.1) is 0 Å². The van der Waals surface area contributed by atoms with E-state index in [4.69, 9.17) is 18.9 Å². The van der Waals surface area contributed by atoms with Crippen LogP contribution in [0.25, 0.3) is 0 Å². The van der Waals surface area contributed by atoms with Gasteiger partial charge in [0.25, 0.3) is 0 Å². The SMILES string of the molecule is CNC(CC(C)C)C(=O)OC1CCC(OC(=O)C(CC(C)C)NC(=O)C2CCC(C(C)=O)CC2)CC1.CNC(CC(C)C)C(=O)OC1CCC(OC(=O)C(CC(C)C)NC(=O)CCCCC(C)=O)CC1. The molecule has 0 saturated heterocycles. The number of amides is 2. The van der Waals surface area contributed by atoms with Gasteiger partial charge in [0.2, 0.25) is 11.8 Å². The van der Waals surface area contributed by atoms with Gasteiger partial charge >= 0.3 is 23.9 Å². The van der Waals surface area contributed by atoms with E-state index in [1.165, 1.54) is 6.92 Å². The Labute approximate surface area is 420 Å². The van der Waals surface area contributed by atoms with E-state index in [-0.39, 0.29) is 108 Å². The number of carbonyl (C=O) groups is 8. The second kappa shape index (κ2) is 32.9. The van der Waals surface area contributed by atoms with Crippen molar-refractivity contribution < 1.29 is 57.3 Å². The molecule has 4 unspecified atom stereocenters. The molecule has 4 atom stereocenters. The normalized spacial score (nSPS) is 23.2. The van der Waals surface area contributed by atoms with E-state index in [9.17, 15) is 38.4 Å². The molecule has 0 aromatic heterocycles. The van der Waals surface area contributed by atoms with Crippen LogP contribution >= 0.6 is 0 Å². The Hall–Kier alpha value is -3.92. The van der Waals surface area contributed by atoms with Gasteiger partial charge in [0.15, 0.2) is 0 Å². The highest BCUT2D eigenvalue weighted by molar-refractivity contribution is 5.86. The van der Waals surface area contributed by atoms with E-state index < -0.39 is 18.1 Å². The monoisotopic (exact) mass is 991 g/mol. The van der Waals surface area contributed by atoms with Crippen LogP contribution < -0.4 is 21.3 Å². The summed E-state index contributed by atoms with van der Waals surface area (Å²) in [6.07, 6.45) is 11.7. The minimum atomic E-state index is -0.678. The van der Waals surface area contributed by atoms with Crippen molar-refractivity contribution in [1.82, 2.24) is 21.3 Å². The third kappa shape index (κ3) is 25.0. The maximum Gasteiger partial charge on any atom is 0.328 e. The molecule has 0 aromatic carbocycles. The summed E-state index contributed by atoms with van der Waals surface area (Å²) in [7, 11) is 3.54. The van der Waals surface area contributed by atoms with Crippen LogP contribution in [-0.4, -0.2) is 110 Å². The molecule has 0 bridgehead atoms. The van der Waals surface area contributed by atoms with Gasteiger partial charge in [-0.05, 0) is 167 Å². The molecule has 16 heteroatoms. The summed E-state index contributed by atoms with van der Waals surface area (Å²) in [4.78, 5) is 98.6. The van der Waals surface area contributed by atoms with E-state index in [0.29, 0.717) is 108 Å². The molecule has 3 rings (SSSR count). The van der Waals surface area contributed by atoms with Crippen molar-refractivity contribution in [3.63, 3.8) is 0 Å². The molecule has 0 radical (unpaired) electrons. The zero-order valence-corrected chi connectivity index (χ0v) is 45.1. The zero-order valence-electron chi connectivity index (χ0n) is 45.1. The maximum atomic E-state index is 13.0. The fourth-order valence-corrected chi connectivity index (χ4v) is 9.48. The molecule has 0 aliphatic heterocycles. The topological polar surface area (TPSA) is 222 Å². The average molecular weight is 991 g/mol. The third-order valence-electron chi connectivity index (χ3n) is 13.5. The van der Waals surface area contributed by atoms with Crippen molar-refractivity contribution in [2.45, 2.75) is 246 Å². The van der Waals surface area contributed by atoms with Crippen molar-refractivity contribution in [1.29, 1.82) is 0 Å². The van der Waals surface area contributed by atoms with Crippen molar-refractivity contribution >= 4 is 47.3 Å². The first-order valence-electron chi connectivity index (χ1n) is 26.8. The van der Waals surface area contributed by atoms with E-state index in [1.54, 1.807) is 21.0 Å². The molecule has 0 heterocycles. The van der Waals surface area contributed by atoms with Gasteiger partial charge in [0.1, 0.15) is 60.1 Å². The zero-order chi connectivity index (χ0) is 52.5. The minimum absolute atomic E-state index is 0.0548. The number of ether oxygens (including phenoxy) is 4. The Balaban J connectivity index is 0.000000481. The van der Waals surface area contributed by atoms with Crippen LogP contribution in [0.1, 0.15) is 198 Å². The summed E-state index contributed by atoms with van der Waals surface area (Å²) >= 11 is 0. The van der Waals surface area contributed by atoms with Gasteiger partial charge < -0.3 is 45.0 Å². The highest BCUT2D eigenvalue weighted by Gasteiger charge is 2.35. The van der Waals surface area contributed by atoms with Gasteiger partial charge in [-0.1, -0.05) is 55.4 Å². The lowest BCUT2D eigenvalue weighted by Crippen LogP contribution is -2.47. The number of carbonyl (C=O) groups excluding carboxylic acids is 8. The Morgan fingerprint density at radius 2 is 0.714 bits per heavy atom. The largest absolute Gasteiger partial charge is 0.461 e. The number of nitrogens with one attached hydrogen (secondary N) is 4. The fraction of sp³-hybridized carbons (Fsp3) is 0.852. The van der Waals surface area contributed by atoms with Crippen molar-refractivity contribution in [3.05, 3.63) is 0 Å². The first kappa shape index (κ1) is 62.2. The average Bonchev–Trinajstić information content (AvgIpc) is 3.29. The molecular formula is C54H94N4O12. The lowest BCUT2D eigenvalue weighted by Gasteiger charge is -2.31. The number of ketones is 2. The lowest BCUT2D eigenvalue weighted by molar-refractivity contribution is -0.161. The van der Waals surface area contributed by atoms with Crippen LogP contribution in [0.5, 0.6) is 0 Å². The molecule has 4 N–H and O–H groups in total. The molecule has 3 saturated carbocycles. The minimum Gasteiger partial charge on any atom is -0.461 e. The van der Waals surface area contributed by atoms with E-state index in [0.717, 1.165) is 25.7 Å². The molecule has 3 aliphatic rings. The number of rotatable bonds is 27. The first-order chi connectivity index (χ1) is 33.0. The van der Waals surface area contributed by atoms with Crippen molar-refractivity contribution in [3.8, 4) is 0 Å². The van der Waals surface area contributed by atoms with E-state index >= 15 is 0 Å². The van der Waals surface area contributed by atoms with Crippen LogP contribution in [-0.2, 0) is 57.3 Å². The summed E-state index contributed by atoms with van der Waals surface area (Å²) < 4.78 is 23.0. The molecule has 402 valence electrons. The van der Waals surface area contributed by atoms with Gasteiger partial charge in [-0.15, -0.1) is 0 Å². The fourth-order valence-electron chi connectivity index (χ4n) is 9.48. The Morgan fingerprint density at radius 3 is 1.03 bits per heavy atom. The van der Waals surface area contributed by atoms with Gasteiger partial charge in [-0.3, -0.25) is 24.0 Å². The molecule has 70 heavy (non-hydrogen) atoms. The summed E-state index contributed by atoms with van der Waals surface area (Å²) in [6.45, 7) is 19.5. The van der Waals surface area contributed by atoms with Crippen LogP contribution in [0, 0.1) is 35.5 Å². The van der Waals surface area contributed by atoms with Crippen molar-refractivity contribution in [2.24, 2.45) is 35.5 Å². The molecular weight excluding hydrogens is 897 g/mol. The van der Waals surface area contributed by atoms with Crippen LogP contribution in [0.15, 0.2) is 0 Å². The number of hydrogen-bond acceptors (Lipinski definition) is 14. The van der Waals surface area contributed by atoms with E-state index in [2.05, 4.69) is 49.0 Å². The number of likely N-dealkylation sites (N-methyl/N-ethyl adjacent to an activating group) is 2. The van der Waals surface area contributed by atoms with E-state index in [1.807, 2.05) is 27.7 Å². The Kier molecular flexibility index (Phi) is 29.3. The lowest BCUT2D eigenvalue weighted by atomic mass is 9.80. The molecule has 3 aliphatic carbocycles. The van der Waals surface area contributed by atoms with Gasteiger partial charge in [0, 0.05) is 24.7 Å². The third-order valence-corrected chi connectivity index (χ3v) is 13.5. The highest BCUT2D eigenvalue weighted by atomic mass is 16.6. The second-order valence-corrected chi connectivity index (χ2v) is 22.0. The number of hydrogen-bond donors (Lipinski definition) is 4. The predicted molar refractivity (Wildman–Crippen MR) is 269 cm³/mol. The number of esters is 4. The van der Waals surface area contributed by atoms with Crippen LogP contribution in [0.4, 0.5) is 0 Å². The summed E-state index contributed by atoms with van der Waals surface area (Å²) in [5.74, 6) is -0.124. The molecule has 0 aromatic rings.